The molecular formula is C21H23F2IN5O2PS. The number of nitrogens with zero attached hydrogens (tertiary/aromatic N) is 3. The molecule has 2 atom stereocenters. The number of imidazole rings is 1. The lowest BCUT2D eigenvalue weighted by Gasteiger charge is -2.16. The SMILES string of the molecule is COC(C)c1ccc(Nc2cc(NC(=O)C3CC3)nc3c2nc(C(F)F)n3PI)c(SC)c1. The van der Waals surface area contributed by atoms with E-state index in [1.165, 1.54) is 4.34 Å². The molecule has 12 heteroatoms. The second-order valence-electron chi connectivity index (χ2n) is 7.64. The fourth-order valence-electron chi connectivity index (χ4n) is 3.37. The zero-order valence-corrected chi connectivity index (χ0v) is 22.1. The highest BCUT2D eigenvalue weighted by Gasteiger charge is 2.30. The van der Waals surface area contributed by atoms with Crippen LogP contribution in [0.1, 0.15) is 43.7 Å². The van der Waals surface area contributed by atoms with Crippen LogP contribution in [0.3, 0.4) is 0 Å². The van der Waals surface area contributed by atoms with Gasteiger partial charge in [-0.3, -0.25) is 9.13 Å². The largest absolute Gasteiger partial charge is 0.377 e. The van der Waals surface area contributed by atoms with Gasteiger partial charge in [-0.2, -0.15) is 0 Å². The maximum absolute atomic E-state index is 13.7. The summed E-state index contributed by atoms with van der Waals surface area (Å²) in [4.78, 5) is 22.0. The fourth-order valence-corrected chi connectivity index (χ4v) is 5.86. The molecule has 2 aromatic heterocycles. The van der Waals surface area contributed by atoms with Gasteiger partial charge in [0.05, 0.1) is 23.9 Å². The van der Waals surface area contributed by atoms with Gasteiger partial charge < -0.3 is 15.4 Å². The van der Waals surface area contributed by atoms with Crippen LogP contribution in [0.15, 0.2) is 29.2 Å². The lowest BCUT2D eigenvalue weighted by atomic mass is 10.1. The molecule has 33 heavy (non-hydrogen) atoms. The van der Waals surface area contributed by atoms with E-state index in [1.54, 1.807) is 24.9 Å². The summed E-state index contributed by atoms with van der Waals surface area (Å²) in [6.07, 6.45) is 0.849. The topological polar surface area (TPSA) is 81.1 Å². The van der Waals surface area contributed by atoms with E-state index >= 15 is 0 Å². The number of amides is 1. The Kier molecular flexibility index (Phi) is 7.72. The van der Waals surface area contributed by atoms with Gasteiger partial charge in [0, 0.05) is 24.0 Å². The van der Waals surface area contributed by atoms with Crippen molar-refractivity contribution in [3.05, 3.63) is 35.7 Å². The Labute approximate surface area is 209 Å². The van der Waals surface area contributed by atoms with Gasteiger partial charge >= 0.3 is 0 Å². The first-order valence-electron chi connectivity index (χ1n) is 10.2. The van der Waals surface area contributed by atoms with Gasteiger partial charge in [0.15, 0.2) is 11.5 Å². The molecule has 4 rings (SSSR count). The van der Waals surface area contributed by atoms with Crippen LogP contribution in [0.5, 0.6) is 0 Å². The normalized spacial score (nSPS) is 15.0. The fraction of sp³-hybridized carbons (Fsp3) is 0.381. The minimum Gasteiger partial charge on any atom is -0.377 e. The molecule has 176 valence electrons. The van der Waals surface area contributed by atoms with E-state index in [9.17, 15) is 13.6 Å². The van der Waals surface area contributed by atoms with Crippen LogP contribution >= 0.6 is 40.2 Å². The molecule has 1 amide bonds. The Hall–Kier alpha value is -1.56. The Bertz CT molecular complexity index is 1190. The lowest BCUT2D eigenvalue weighted by molar-refractivity contribution is -0.117. The first-order valence-corrected chi connectivity index (χ1v) is 15.5. The molecule has 1 fully saturated rings. The van der Waals surface area contributed by atoms with Gasteiger partial charge in [0.2, 0.25) is 5.91 Å². The molecule has 1 saturated carbocycles. The van der Waals surface area contributed by atoms with E-state index < -0.39 is 6.43 Å². The van der Waals surface area contributed by atoms with Crippen LogP contribution in [0.25, 0.3) is 11.2 Å². The smallest absolute Gasteiger partial charge is 0.295 e. The van der Waals surface area contributed by atoms with Crippen LogP contribution in [-0.4, -0.2) is 33.6 Å². The summed E-state index contributed by atoms with van der Waals surface area (Å²) in [5, 5.41) is 6.17. The van der Waals surface area contributed by atoms with Crippen molar-refractivity contribution in [3.8, 4) is 0 Å². The minimum absolute atomic E-state index is 0.00898. The van der Waals surface area contributed by atoms with Crippen LogP contribution in [-0.2, 0) is 9.53 Å². The van der Waals surface area contributed by atoms with E-state index in [1.807, 2.05) is 53.4 Å². The molecule has 0 aliphatic heterocycles. The Balaban J connectivity index is 1.80. The van der Waals surface area contributed by atoms with Crippen molar-refractivity contribution in [1.82, 2.24) is 14.3 Å². The van der Waals surface area contributed by atoms with Gasteiger partial charge in [-0.05, 0) is 65.8 Å². The van der Waals surface area contributed by atoms with Crippen molar-refractivity contribution in [3.63, 3.8) is 0 Å². The van der Waals surface area contributed by atoms with Gasteiger partial charge in [-0.15, -0.1) is 11.8 Å². The Morgan fingerprint density at radius 2 is 2.06 bits per heavy atom. The molecule has 0 radical (unpaired) electrons. The highest BCUT2D eigenvalue weighted by molar-refractivity contribution is 14.2. The number of aromatic nitrogens is 3. The van der Waals surface area contributed by atoms with Crippen LogP contribution in [0.2, 0.25) is 0 Å². The summed E-state index contributed by atoms with van der Waals surface area (Å²) in [6, 6.07) is 7.57. The lowest BCUT2D eigenvalue weighted by Crippen LogP contribution is -2.14. The zero-order chi connectivity index (χ0) is 23.7. The minimum atomic E-state index is -2.74. The molecule has 1 aliphatic carbocycles. The van der Waals surface area contributed by atoms with Crippen molar-refractivity contribution in [2.75, 3.05) is 24.0 Å². The molecule has 0 bridgehead atoms. The van der Waals surface area contributed by atoms with Gasteiger partial charge in [-0.1, -0.05) is 6.07 Å². The Morgan fingerprint density at radius 3 is 2.67 bits per heavy atom. The second kappa shape index (κ2) is 10.4. The number of benzene rings is 1. The molecule has 3 aromatic rings. The second-order valence-corrected chi connectivity index (χ2v) is 10.6. The number of fused-ring (bicyclic) bond motifs is 1. The maximum atomic E-state index is 13.7. The number of thioether (sulfide) groups is 1. The number of nitrogens with one attached hydrogen (secondary N) is 2. The van der Waals surface area contributed by atoms with Crippen molar-refractivity contribution in [2.24, 2.45) is 5.92 Å². The van der Waals surface area contributed by atoms with E-state index in [0.717, 1.165) is 29.0 Å². The first-order chi connectivity index (χ1) is 15.9. The van der Waals surface area contributed by atoms with Crippen LogP contribution < -0.4 is 10.6 Å². The van der Waals surface area contributed by atoms with Crippen LogP contribution in [0, 0.1) is 5.92 Å². The zero-order valence-electron chi connectivity index (χ0n) is 18.2. The maximum Gasteiger partial charge on any atom is 0.295 e. The number of carbonyl (C=O) groups excluding carboxylic acids is 1. The number of rotatable bonds is 9. The average Bonchev–Trinajstić information content (AvgIpc) is 3.59. The number of halogens is 3. The highest BCUT2D eigenvalue weighted by atomic mass is 127. The number of alkyl halides is 2. The van der Waals surface area contributed by atoms with Crippen molar-refractivity contribution < 1.29 is 18.3 Å². The monoisotopic (exact) mass is 605 g/mol. The molecule has 0 saturated heterocycles. The number of hydrogen-bond donors (Lipinski definition) is 2. The van der Waals surface area contributed by atoms with Crippen molar-refractivity contribution in [2.45, 2.75) is 37.2 Å². The van der Waals surface area contributed by atoms with E-state index in [0.29, 0.717) is 22.7 Å². The van der Waals surface area contributed by atoms with Crippen molar-refractivity contribution >= 4 is 74.4 Å². The molecule has 2 heterocycles. The molecule has 0 spiro atoms. The third kappa shape index (κ3) is 5.26. The summed E-state index contributed by atoms with van der Waals surface area (Å²) in [7, 11) is 1.66. The predicted octanol–water partition coefficient (Wildman–Crippen LogP) is 6.68. The summed E-state index contributed by atoms with van der Waals surface area (Å²) in [5.41, 5.74) is 2.97. The van der Waals surface area contributed by atoms with Gasteiger partial charge in [0.1, 0.15) is 11.3 Å². The summed E-state index contributed by atoms with van der Waals surface area (Å²) in [6.45, 7) is 1.97. The molecule has 2 N–H and O–H groups in total. The van der Waals surface area contributed by atoms with E-state index in [4.69, 9.17) is 4.74 Å². The number of carbonyl (C=O) groups is 1. The predicted molar refractivity (Wildman–Crippen MR) is 139 cm³/mol. The first kappa shape index (κ1) is 24.6. The molecule has 7 nitrogen and oxygen atoms in total. The van der Waals surface area contributed by atoms with Crippen molar-refractivity contribution in [1.29, 1.82) is 0 Å². The summed E-state index contributed by atoms with van der Waals surface area (Å²) in [5.74, 6) is -0.139. The Morgan fingerprint density at radius 1 is 1.30 bits per heavy atom. The molecular weight excluding hydrogens is 582 g/mol. The van der Waals surface area contributed by atoms with Gasteiger partial charge in [0.25, 0.3) is 6.43 Å². The molecule has 1 aliphatic rings. The van der Waals surface area contributed by atoms with E-state index in [-0.39, 0.29) is 30.1 Å². The van der Waals surface area contributed by atoms with Crippen LogP contribution in [0.4, 0.5) is 26.0 Å². The summed E-state index contributed by atoms with van der Waals surface area (Å²) >= 11 is 3.59. The van der Waals surface area contributed by atoms with Gasteiger partial charge in [-0.25, -0.2) is 18.7 Å². The third-order valence-corrected chi connectivity index (χ3v) is 8.27. The average molecular weight is 605 g/mol. The van der Waals surface area contributed by atoms with E-state index in [2.05, 4.69) is 20.6 Å². The number of pyridine rings is 1. The number of ether oxygens (including phenoxy) is 1. The standard InChI is InChI=1S/C21H23F2IN5O2PS/c1-10(31-2)12-6-7-13(15(8-12)33-3)25-14-9-16(27-21(30)11-4-5-11)26-19-17(14)28-20(18(22)23)29(19)32-24/h6-11,18,32H,4-5H2,1-3H3,(H2,25,26,27,30). The number of anilines is 3. The number of hydrogen-bond acceptors (Lipinski definition) is 6. The third-order valence-electron chi connectivity index (χ3n) is 5.44. The number of methoxy groups -OCH3 is 1. The molecule has 1 aromatic carbocycles. The molecule has 2 unspecified atom stereocenters. The quantitative estimate of drug-likeness (QED) is 0.161. The summed E-state index contributed by atoms with van der Waals surface area (Å²) < 4.78 is 34.2. The highest BCUT2D eigenvalue weighted by Crippen LogP contribution is 2.40.